The van der Waals surface area contributed by atoms with Gasteiger partial charge < -0.3 is 26.1 Å². The summed E-state index contributed by atoms with van der Waals surface area (Å²) in [6.07, 6.45) is 73.6. The van der Waals surface area contributed by atoms with Gasteiger partial charge in [-0.15, -0.1) is 32.9 Å². The number of Topliss-reactive ketones (excluding diaryl/α,β-unsaturated/α-hetero) is 3. The second-order valence-electron chi connectivity index (χ2n) is 26.8. The molecule has 0 atom stereocenters. The van der Waals surface area contributed by atoms with E-state index in [1.54, 1.807) is 20.8 Å². The summed E-state index contributed by atoms with van der Waals surface area (Å²) >= 11 is 0. The maximum absolute atomic E-state index is 11.1. The molecule has 0 spiro atoms. The second kappa shape index (κ2) is 122. The molecule has 4 amide bonds. The Bertz CT molecular complexity index is 1660. The van der Waals surface area contributed by atoms with Gasteiger partial charge >= 0.3 is 0 Å². The highest BCUT2D eigenvalue weighted by Crippen LogP contribution is 2.10. The molecule has 0 unspecified atom stereocenters. The van der Waals surface area contributed by atoms with Crippen LogP contribution in [0.5, 0.6) is 0 Å². The number of amides is 4. The first kappa shape index (κ1) is 118. The molecule has 11 heteroatoms. The number of ketones is 3. The second-order valence-corrected chi connectivity index (χ2v) is 26.8. The standard InChI is InChI=1S/C12H23NO.C10H21NO.C10H19NO.C10H20O.C10H18O.C9H20.C9H18.C8H16O.C6H13NO.C6H12/c1-3-5-6-7-8-9-11-13-12(14)10-4-2;2*1-3-4-5-6-7-8-9-11-10(2)12;2*1-3-5-6-7-9-10(11)8-4-2;2*1-3-5-7-9-8-6-4-2;1-3-4-5-6-7-8(2)9;1-3-4-5-7-6(2)8;1-3-5-6-4-2/h3H,1,4-11H2,2H3,(H,13,14);3-9H2,1-2H3,(H,11,12);3H,1,4-9H2,2H3,(H,11,12);3-9H2,1-2H3;3H,1,4-9H2,2H3;3-9H2,1-2H3;3H,1,4-9H2,2H3;3-7H2,1-2H3;3-5H2,1-2H3,(H,7,8);3H,1,4-6H2,2H3. The SMILES string of the molecule is C=CCCCC.C=CCCCCC(=O)CCC.C=CCCCCCCC.C=CCCCCCCNC(=O)CCC.C=CCCCCCCNC(C)=O.CCCCCCC(=O)CCC.CCCCCCC(C)=O.CCCCCCCCC.CCCCCCCCNC(C)=O.CCCCNC(C)=O. The average Bonchev–Trinajstić information content (AvgIpc) is 3.83. The third-order valence-corrected chi connectivity index (χ3v) is 15.5. The van der Waals surface area contributed by atoms with Crippen molar-refractivity contribution in [2.45, 2.75) is 451 Å². The fourth-order valence-electron chi connectivity index (χ4n) is 9.19. The van der Waals surface area contributed by atoms with Crippen molar-refractivity contribution in [2.24, 2.45) is 0 Å². The maximum Gasteiger partial charge on any atom is 0.219 e. The Hall–Kier alpha value is -4.41. The van der Waals surface area contributed by atoms with Gasteiger partial charge in [0, 0.05) is 85.5 Å². The van der Waals surface area contributed by atoms with Crippen molar-refractivity contribution in [3.63, 3.8) is 0 Å². The zero-order chi connectivity index (χ0) is 78.4. The number of nitrogens with one attached hydrogen (secondary N) is 4. The molecule has 0 aliphatic carbocycles. The van der Waals surface area contributed by atoms with Gasteiger partial charge in [0.15, 0.2) is 0 Å². The van der Waals surface area contributed by atoms with Crippen LogP contribution in [-0.4, -0.2) is 67.2 Å². The van der Waals surface area contributed by atoms with Crippen LogP contribution in [0.15, 0.2) is 63.3 Å². The Morgan fingerprint density at radius 2 is 0.436 bits per heavy atom. The van der Waals surface area contributed by atoms with Gasteiger partial charge in [0.2, 0.25) is 23.6 Å². The van der Waals surface area contributed by atoms with Crippen molar-refractivity contribution >= 4 is 41.0 Å². The molecule has 4 N–H and O–H groups in total. The summed E-state index contributed by atoms with van der Waals surface area (Å²) in [4.78, 5) is 74.6. The largest absolute Gasteiger partial charge is 0.356 e. The predicted molar refractivity (Wildman–Crippen MR) is 452 cm³/mol. The minimum Gasteiger partial charge on any atom is -0.356 e. The van der Waals surface area contributed by atoms with E-state index in [1.807, 2.05) is 44.2 Å². The van der Waals surface area contributed by atoms with E-state index in [1.165, 1.54) is 219 Å². The van der Waals surface area contributed by atoms with Gasteiger partial charge in [0.05, 0.1) is 0 Å². The first-order valence-electron chi connectivity index (χ1n) is 42.3. The topological polar surface area (TPSA) is 168 Å². The van der Waals surface area contributed by atoms with E-state index in [2.05, 4.69) is 116 Å². The van der Waals surface area contributed by atoms with Gasteiger partial charge in [-0.1, -0.05) is 293 Å². The summed E-state index contributed by atoms with van der Waals surface area (Å²) in [6, 6.07) is 0. The van der Waals surface area contributed by atoms with E-state index >= 15 is 0 Å². The van der Waals surface area contributed by atoms with E-state index < -0.39 is 0 Å². The van der Waals surface area contributed by atoms with Crippen LogP contribution in [0.3, 0.4) is 0 Å². The van der Waals surface area contributed by atoms with Crippen LogP contribution in [0.1, 0.15) is 451 Å². The summed E-state index contributed by atoms with van der Waals surface area (Å²) in [7, 11) is 0. The van der Waals surface area contributed by atoms with Crippen LogP contribution in [0, 0.1) is 0 Å². The summed E-state index contributed by atoms with van der Waals surface area (Å²) in [6.45, 7) is 51.7. The smallest absolute Gasteiger partial charge is 0.219 e. The molecular formula is C90H180N4O7. The van der Waals surface area contributed by atoms with Crippen molar-refractivity contribution in [3.05, 3.63) is 63.3 Å². The van der Waals surface area contributed by atoms with Crippen molar-refractivity contribution in [3.8, 4) is 0 Å². The van der Waals surface area contributed by atoms with Crippen LogP contribution >= 0.6 is 0 Å². The third-order valence-electron chi connectivity index (χ3n) is 15.5. The van der Waals surface area contributed by atoms with Gasteiger partial charge in [0.25, 0.3) is 0 Å². The Balaban J connectivity index is -0.000000115. The lowest BCUT2D eigenvalue weighted by molar-refractivity contribution is -0.121. The molecule has 0 fully saturated rings. The summed E-state index contributed by atoms with van der Waals surface area (Å²) in [5.74, 6) is 1.60. The molecule has 0 aromatic carbocycles. The monoisotopic (exact) mass is 1430 g/mol. The van der Waals surface area contributed by atoms with Crippen molar-refractivity contribution in [2.75, 3.05) is 26.2 Å². The predicted octanol–water partition coefficient (Wildman–Crippen LogP) is 27.3. The van der Waals surface area contributed by atoms with E-state index in [4.69, 9.17) is 0 Å². The molecule has 0 aromatic heterocycles. The number of rotatable bonds is 60. The quantitative estimate of drug-likeness (QED) is 0.0347. The lowest BCUT2D eigenvalue weighted by Crippen LogP contribution is -2.23. The summed E-state index contributed by atoms with van der Waals surface area (Å²) in [5.41, 5.74) is 0. The number of hydrogen-bond acceptors (Lipinski definition) is 7. The lowest BCUT2D eigenvalue weighted by Gasteiger charge is -2.03. The summed E-state index contributed by atoms with van der Waals surface area (Å²) < 4.78 is 0. The van der Waals surface area contributed by atoms with Crippen molar-refractivity contribution in [1.29, 1.82) is 0 Å². The molecule has 0 aliphatic rings. The Morgan fingerprint density at radius 1 is 0.218 bits per heavy atom. The Morgan fingerprint density at radius 3 is 0.693 bits per heavy atom. The zero-order valence-corrected chi connectivity index (χ0v) is 70.8. The van der Waals surface area contributed by atoms with E-state index in [0.717, 1.165) is 155 Å². The summed E-state index contributed by atoms with van der Waals surface area (Å²) in [5, 5.41) is 11.2. The first-order chi connectivity index (χ1) is 48.7. The normalized spacial score (nSPS) is 9.53. The van der Waals surface area contributed by atoms with Crippen LogP contribution in [0.4, 0.5) is 0 Å². The number of carbonyl (C=O) groups is 7. The number of hydrogen-bond donors (Lipinski definition) is 4. The van der Waals surface area contributed by atoms with Gasteiger partial charge in [-0.25, -0.2) is 0 Å². The fourth-order valence-corrected chi connectivity index (χ4v) is 9.19. The fraction of sp³-hybridized carbons (Fsp3) is 0.811. The average molecular weight is 1430 g/mol. The molecule has 0 aromatic rings. The maximum atomic E-state index is 11.1. The molecule has 0 rings (SSSR count). The molecule has 0 saturated carbocycles. The van der Waals surface area contributed by atoms with Crippen LogP contribution in [0.2, 0.25) is 0 Å². The van der Waals surface area contributed by atoms with Crippen LogP contribution in [-0.2, 0) is 33.6 Å². The third kappa shape index (κ3) is 173. The molecule has 0 aliphatic heterocycles. The molecule has 0 radical (unpaired) electrons. The van der Waals surface area contributed by atoms with E-state index in [-0.39, 0.29) is 23.6 Å². The highest BCUT2D eigenvalue weighted by molar-refractivity contribution is 5.78. The van der Waals surface area contributed by atoms with Gasteiger partial charge in [-0.3, -0.25) is 28.8 Å². The minimum atomic E-state index is 0.0680. The molecular weight excluding hydrogens is 1250 g/mol. The van der Waals surface area contributed by atoms with Gasteiger partial charge in [-0.05, 0) is 129 Å². The lowest BCUT2D eigenvalue weighted by atomic mass is 10.1. The zero-order valence-electron chi connectivity index (χ0n) is 70.8. The molecule has 602 valence electrons. The van der Waals surface area contributed by atoms with Crippen molar-refractivity contribution in [1.82, 2.24) is 21.3 Å². The van der Waals surface area contributed by atoms with Crippen molar-refractivity contribution < 1.29 is 33.6 Å². The highest BCUT2D eigenvalue weighted by Gasteiger charge is 2.01. The molecule has 0 saturated heterocycles. The molecule has 0 bridgehead atoms. The Kier molecular flexibility index (Phi) is 143. The van der Waals surface area contributed by atoms with E-state index in [0.29, 0.717) is 23.8 Å². The number of unbranched alkanes of at least 4 members (excludes halogenated alkanes) is 35. The Labute approximate surface area is 632 Å². The van der Waals surface area contributed by atoms with Crippen LogP contribution in [0.25, 0.3) is 0 Å². The molecule has 11 nitrogen and oxygen atoms in total. The van der Waals surface area contributed by atoms with Gasteiger partial charge in [0.1, 0.15) is 17.3 Å². The van der Waals surface area contributed by atoms with Gasteiger partial charge in [-0.2, -0.15) is 0 Å². The molecule has 0 heterocycles. The highest BCUT2D eigenvalue weighted by atomic mass is 16.2. The number of carbonyl (C=O) groups excluding carboxylic acids is 7. The minimum absolute atomic E-state index is 0.0680. The number of allylic oxidation sites excluding steroid dienone is 5. The van der Waals surface area contributed by atoms with E-state index in [9.17, 15) is 33.6 Å². The first-order valence-corrected chi connectivity index (χ1v) is 42.3. The molecule has 101 heavy (non-hydrogen) atoms. The van der Waals surface area contributed by atoms with Crippen LogP contribution < -0.4 is 21.3 Å².